The molecular weight excluding hydrogens is 332 g/mol. The summed E-state index contributed by atoms with van der Waals surface area (Å²) in [6.07, 6.45) is 0. The quantitative estimate of drug-likeness (QED) is 0.595. The average Bonchev–Trinajstić information content (AvgIpc) is 2.49. The van der Waals surface area contributed by atoms with Crippen LogP contribution in [-0.4, -0.2) is 62.4 Å². The average molecular weight is 363 g/mol. The van der Waals surface area contributed by atoms with E-state index in [4.69, 9.17) is 0 Å². The van der Waals surface area contributed by atoms with Gasteiger partial charge in [0, 0.05) is 18.8 Å². The molecular formula is C19H31N4O3+. The fraction of sp³-hybridized carbons (Fsp3) is 0.526. The van der Waals surface area contributed by atoms with E-state index >= 15 is 0 Å². The van der Waals surface area contributed by atoms with Crippen LogP contribution >= 0.6 is 0 Å². The summed E-state index contributed by atoms with van der Waals surface area (Å²) in [4.78, 5) is 38.3. The van der Waals surface area contributed by atoms with Gasteiger partial charge in [-0.1, -0.05) is 12.1 Å². The van der Waals surface area contributed by atoms with Gasteiger partial charge < -0.3 is 20.4 Å². The van der Waals surface area contributed by atoms with E-state index in [1.807, 2.05) is 45.9 Å². The molecule has 1 unspecified atom stereocenters. The van der Waals surface area contributed by atoms with Gasteiger partial charge in [-0.25, -0.2) is 0 Å². The van der Waals surface area contributed by atoms with Gasteiger partial charge in [-0.05, 0) is 44.9 Å². The fourth-order valence-corrected chi connectivity index (χ4v) is 2.47. The van der Waals surface area contributed by atoms with Gasteiger partial charge in [-0.3, -0.25) is 14.4 Å². The van der Waals surface area contributed by atoms with E-state index in [9.17, 15) is 14.4 Å². The van der Waals surface area contributed by atoms with Crippen molar-refractivity contribution in [1.82, 2.24) is 10.2 Å². The van der Waals surface area contributed by atoms with Crippen LogP contribution in [0.1, 0.15) is 25.0 Å². The Morgan fingerprint density at radius 1 is 1.12 bits per heavy atom. The highest BCUT2D eigenvalue weighted by Crippen LogP contribution is 2.16. The molecule has 3 amide bonds. The van der Waals surface area contributed by atoms with Crippen molar-refractivity contribution in [2.24, 2.45) is 0 Å². The minimum Gasteiger partial charge on any atom is -0.349 e. The normalized spacial score (nSPS) is 11.8. The first-order valence-electron chi connectivity index (χ1n) is 8.80. The molecule has 0 aliphatic rings. The largest absolute Gasteiger partial charge is 0.349 e. The Bertz CT molecular complexity index is 658. The first kappa shape index (κ1) is 21.6. The lowest BCUT2D eigenvalue weighted by Crippen LogP contribution is -3.11. The molecule has 0 aromatic heterocycles. The van der Waals surface area contributed by atoms with Crippen LogP contribution in [0.3, 0.4) is 0 Å². The van der Waals surface area contributed by atoms with E-state index in [0.29, 0.717) is 0 Å². The first-order chi connectivity index (χ1) is 12.1. The molecule has 1 rings (SSSR count). The number of hydrogen-bond acceptors (Lipinski definition) is 3. The second-order valence-electron chi connectivity index (χ2n) is 7.15. The van der Waals surface area contributed by atoms with E-state index in [1.54, 1.807) is 14.1 Å². The van der Waals surface area contributed by atoms with Crippen molar-refractivity contribution in [2.45, 2.75) is 33.7 Å². The third kappa shape index (κ3) is 7.65. The Morgan fingerprint density at radius 3 is 2.38 bits per heavy atom. The van der Waals surface area contributed by atoms with Crippen molar-refractivity contribution in [3.05, 3.63) is 29.3 Å². The number of anilines is 1. The van der Waals surface area contributed by atoms with Crippen LogP contribution in [-0.2, 0) is 14.4 Å². The SMILES string of the molecule is Cc1ccc(C)c(NC(=O)CN(C)C(=O)C[NH+](C)CC(=O)NC(C)C)c1. The van der Waals surface area contributed by atoms with Crippen molar-refractivity contribution in [3.63, 3.8) is 0 Å². The van der Waals surface area contributed by atoms with Gasteiger partial charge in [-0.2, -0.15) is 0 Å². The van der Waals surface area contributed by atoms with Gasteiger partial charge in [0.05, 0.1) is 13.6 Å². The number of nitrogens with zero attached hydrogens (tertiary/aromatic N) is 1. The van der Waals surface area contributed by atoms with Gasteiger partial charge in [0.15, 0.2) is 13.1 Å². The Balaban J connectivity index is 2.49. The van der Waals surface area contributed by atoms with Gasteiger partial charge >= 0.3 is 0 Å². The van der Waals surface area contributed by atoms with E-state index in [0.717, 1.165) is 21.7 Å². The van der Waals surface area contributed by atoms with Crippen LogP contribution in [0.4, 0.5) is 5.69 Å². The number of carbonyl (C=O) groups is 3. The molecule has 144 valence electrons. The molecule has 1 atom stereocenters. The number of quaternary nitrogens is 1. The molecule has 1 aromatic rings. The highest BCUT2D eigenvalue weighted by Gasteiger charge is 2.19. The van der Waals surface area contributed by atoms with Crippen molar-refractivity contribution < 1.29 is 19.3 Å². The molecule has 0 heterocycles. The molecule has 0 bridgehead atoms. The van der Waals surface area contributed by atoms with Crippen LogP contribution in [0.25, 0.3) is 0 Å². The molecule has 0 spiro atoms. The molecule has 0 aliphatic carbocycles. The van der Waals surface area contributed by atoms with Crippen molar-refractivity contribution in [3.8, 4) is 0 Å². The lowest BCUT2D eigenvalue weighted by atomic mass is 10.1. The Hall–Kier alpha value is -2.41. The van der Waals surface area contributed by atoms with Gasteiger partial charge in [0.25, 0.3) is 11.8 Å². The maximum Gasteiger partial charge on any atom is 0.277 e. The van der Waals surface area contributed by atoms with Crippen molar-refractivity contribution >= 4 is 23.4 Å². The maximum atomic E-state index is 12.3. The number of amides is 3. The number of benzene rings is 1. The van der Waals surface area contributed by atoms with Crippen LogP contribution in [0, 0.1) is 13.8 Å². The zero-order valence-corrected chi connectivity index (χ0v) is 16.6. The highest BCUT2D eigenvalue weighted by molar-refractivity contribution is 5.95. The number of rotatable bonds is 8. The van der Waals surface area contributed by atoms with Crippen molar-refractivity contribution in [1.29, 1.82) is 0 Å². The molecule has 7 nitrogen and oxygen atoms in total. The number of aryl methyl sites for hydroxylation is 2. The number of hydrogen-bond donors (Lipinski definition) is 3. The third-order valence-electron chi connectivity index (χ3n) is 3.84. The first-order valence-corrected chi connectivity index (χ1v) is 8.80. The lowest BCUT2D eigenvalue weighted by molar-refractivity contribution is -0.863. The van der Waals surface area contributed by atoms with E-state index in [-0.39, 0.29) is 43.4 Å². The second-order valence-corrected chi connectivity index (χ2v) is 7.15. The molecule has 1 aromatic carbocycles. The molecule has 0 fully saturated rings. The summed E-state index contributed by atoms with van der Waals surface area (Å²) < 4.78 is 0. The van der Waals surface area contributed by atoms with Gasteiger partial charge in [0.2, 0.25) is 5.91 Å². The van der Waals surface area contributed by atoms with Crippen LogP contribution < -0.4 is 15.5 Å². The Morgan fingerprint density at radius 2 is 1.77 bits per heavy atom. The van der Waals surface area contributed by atoms with E-state index in [2.05, 4.69) is 10.6 Å². The summed E-state index contributed by atoms with van der Waals surface area (Å²) in [6, 6.07) is 5.90. The molecule has 0 saturated carbocycles. The number of likely N-dealkylation sites (N-methyl/N-ethyl adjacent to an activating group) is 2. The van der Waals surface area contributed by atoms with E-state index in [1.165, 1.54) is 4.90 Å². The maximum absolute atomic E-state index is 12.3. The predicted molar refractivity (Wildman–Crippen MR) is 102 cm³/mol. The van der Waals surface area contributed by atoms with Crippen LogP contribution in [0.5, 0.6) is 0 Å². The molecule has 0 radical (unpaired) electrons. The summed E-state index contributed by atoms with van der Waals surface area (Å²) in [5, 5.41) is 5.64. The summed E-state index contributed by atoms with van der Waals surface area (Å²) in [5.41, 5.74) is 2.78. The topological polar surface area (TPSA) is 83.0 Å². The zero-order valence-electron chi connectivity index (χ0n) is 16.6. The Labute approximate surface area is 155 Å². The minimum atomic E-state index is -0.246. The summed E-state index contributed by atoms with van der Waals surface area (Å²) in [7, 11) is 3.37. The summed E-state index contributed by atoms with van der Waals surface area (Å²) in [5.74, 6) is -0.527. The highest BCUT2D eigenvalue weighted by atomic mass is 16.2. The number of nitrogens with one attached hydrogen (secondary N) is 3. The molecule has 0 aliphatic heterocycles. The van der Waals surface area contributed by atoms with Gasteiger partial charge in [0.1, 0.15) is 0 Å². The van der Waals surface area contributed by atoms with Crippen LogP contribution in [0.2, 0.25) is 0 Å². The molecule has 0 saturated heterocycles. The van der Waals surface area contributed by atoms with Crippen LogP contribution in [0.15, 0.2) is 18.2 Å². The summed E-state index contributed by atoms with van der Waals surface area (Å²) >= 11 is 0. The fourth-order valence-electron chi connectivity index (χ4n) is 2.47. The zero-order chi connectivity index (χ0) is 19.9. The predicted octanol–water partition coefficient (Wildman–Crippen LogP) is -0.260. The Kier molecular flexibility index (Phi) is 8.25. The second kappa shape index (κ2) is 9.91. The number of carbonyl (C=O) groups excluding carboxylic acids is 3. The van der Waals surface area contributed by atoms with Gasteiger partial charge in [-0.15, -0.1) is 0 Å². The molecule has 7 heteroatoms. The third-order valence-corrected chi connectivity index (χ3v) is 3.84. The smallest absolute Gasteiger partial charge is 0.277 e. The lowest BCUT2D eigenvalue weighted by Gasteiger charge is -2.20. The van der Waals surface area contributed by atoms with Crippen molar-refractivity contribution in [2.75, 3.05) is 39.0 Å². The molecule has 3 N–H and O–H groups in total. The monoisotopic (exact) mass is 363 g/mol. The van der Waals surface area contributed by atoms with E-state index < -0.39 is 0 Å². The standard InChI is InChI=1S/C19H30N4O3/c1-13(2)20-17(24)10-22(5)12-19(26)23(6)11-18(25)21-16-9-14(3)7-8-15(16)4/h7-9,13H,10-12H2,1-6H3,(H,20,24)(H,21,25)/p+1. The summed E-state index contributed by atoms with van der Waals surface area (Å²) in [6.45, 7) is 7.99. The minimum absolute atomic E-state index is 0.0301. The molecule has 26 heavy (non-hydrogen) atoms.